The number of hydrogen-bond donors (Lipinski definition) is 1. The number of carbonyl (C=O) groups excluding carboxylic acids is 3. The van der Waals surface area contributed by atoms with Gasteiger partial charge in [-0.2, -0.15) is 0 Å². The maximum atomic E-state index is 13.8. The third-order valence-corrected chi connectivity index (χ3v) is 4.65. The molecule has 0 radical (unpaired) electrons. The van der Waals surface area contributed by atoms with Crippen LogP contribution in [0.4, 0.5) is 4.39 Å². The Morgan fingerprint density at radius 2 is 1.79 bits per heavy atom. The molecule has 1 N–H and O–H groups in total. The minimum atomic E-state index is -0.952. The van der Waals surface area contributed by atoms with Crippen molar-refractivity contribution in [2.75, 3.05) is 27.9 Å². The molecule has 2 aromatic carbocycles. The van der Waals surface area contributed by atoms with E-state index in [1.165, 1.54) is 44.2 Å². The van der Waals surface area contributed by atoms with Crippen molar-refractivity contribution in [2.45, 2.75) is 19.5 Å². The molecule has 0 saturated carbocycles. The van der Waals surface area contributed by atoms with Crippen molar-refractivity contribution in [3.8, 4) is 11.5 Å². The lowest BCUT2D eigenvalue weighted by atomic mass is 10.2. The van der Waals surface area contributed by atoms with Crippen molar-refractivity contribution >= 4 is 23.9 Å². The fourth-order valence-corrected chi connectivity index (χ4v) is 2.75. The number of nitrogens with one attached hydrogen (secondary N) is 1. The number of halogens is 1. The van der Waals surface area contributed by atoms with Gasteiger partial charge in [-0.1, -0.05) is 18.2 Å². The van der Waals surface area contributed by atoms with E-state index in [0.29, 0.717) is 11.3 Å². The standard InChI is InChI=1S/C24H27FN2O6/c1-16(26-22(28)12-8-17-5-9-19(31-3)10-6-17)24(30)33-15-23(29)27(2)14-18-7-11-21(32-4)20(25)13-18/h5-13,16H,14-15H2,1-4H3,(H,26,28). The van der Waals surface area contributed by atoms with Crippen LogP contribution >= 0.6 is 0 Å². The van der Waals surface area contributed by atoms with Gasteiger partial charge < -0.3 is 24.4 Å². The largest absolute Gasteiger partial charge is 0.497 e. The van der Waals surface area contributed by atoms with Crippen LogP contribution in [0.3, 0.4) is 0 Å². The number of ether oxygens (including phenoxy) is 3. The molecule has 0 aliphatic rings. The van der Waals surface area contributed by atoms with Crippen LogP contribution in [0.2, 0.25) is 0 Å². The molecule has 1 unspecified atom stereocenters. The molecular weight excluding hydrogens is 431 g/mol. The zero-order chi connectivity index (χ0) is 24.4. The van der Waals surface area contributed by atoms with Crippen molar-refractivity contribution < 1.29 is 33.0 Å². The molecule has 33 heavy (non-hydrogen) atoms. The maximum Gasteiger partial charge on any atom is 0.328 e. The normalized spacial score (nSPS) is 11.5. The Morgan fingerprint density at radius 1 is 1.09 bits per heavy atom. The lowest BCUT2D eigenvalue weighted by Crippen LogP contribution is -2.40. The van der Waals surface area contributed by atoms with Gasteiger partial charge in [-0.15, -0.1) is 0 Å². The van der Waals surface area contributed by atoms with Gasteiger partial charge in [0.1, 0.15) is 11.8 Å². The predicted molar refractivity (Wildman–Crippen MR) is 120 cm³/mol. The highest BCUT2D eigenvalue weighted by molar-refractivity contribution is 5.94. The lowest BCUT2D eigenvalue weighted by molar-refractivity contribution is -0.153. The zero-order valence-electron chi connectivity index (χ0n) is 19.0. The van der Waals surface area contributed by atoms with E-state index in [9.17, 15) is 18.8 Å². The van der Waals surface area contributed by atoms with Gasteiger partial charge >= 0.3 is 5.97 Å². The molecule has 0 aromatic heterocycles. The number of benzene rings is 2. The number of rotatable bonds is 10. The second-order valence-electron chi connectivity index (χ2n) is 7.16. The smallest absolute Gasteiger partial charge is 0.328 e. The third kappa shape index (κ3) is 7.95. The van der Waals surface area contributed by atoms with Gasteiger partial charge in [0.15, 0.2) is 18.2 Å². The third-order valence-electron chi connectivity index (χ3n) is 4.65. The second kappa shape index (κ2) is 12.2. The highest BCUT2D eigenvalue weighted by Gasteiger charge is 2.19. The number of likely N-dealkylation sites (N-methyl/N-ethyl adjacent to an activating group) is 1. The molecule has 0 aliphatic carbocycles. The predicted octanol–water partition coefficient (Wildman–Crippen LogP) is 2.56. The molecule has 176 valence electrons. The zero-order valence-corrected chi connectivity index (χ0v) is 19.0. The molecule has 8 nitrogen and oxygen atoms in total. The van der Waals surface area contributed by atoms with Crippen molar-refractivity contribution in [3.63, 3.8) is 0 Å². The van der Waals surface area contributed by atoms with Crippen LogP contribution in [0.5, 0.6) is 11.5 Å². The first-order chi connectivity index (χ1) is 15.7. The minimum Gasteiger partial charge on any atom is -0.497 e. The Balaban J connectivity index is 1.78. The van der Waals surface area contributed by atoms with E-state index in [1.807, 2.05) is 0 Å². The fourth-order valence-electron chi connectivity index (χ4n) is 2.75. The Bertz CT molecular complexity index is 1010. The first-order valence-electron chi connectivity index (χ1n) is 10.1. The van der Waals surface area contributed by atoms with Crippen LogP contribution in [-0.2, 0) is 25.7 Å². The Kier molecular flexibility index (Phi) is 9.41. The summed E-state index contributed by atoms with van der Waals surface area (Å²) in [7, 11) is 4.43. The number of nitrogens with zero attached hydrogens (tertiary/aromatic N) is 1. The van der Waals surface area contributed by atoms with Crippen LogP contribution in [0.1, 0.15) is 18.1 Å². The monoisotopic (exact) mass is 458 g/mol. The summed E-state index contributed by atoms with van der Waals surface area (Å²) in [5, 5.41) is 2.48. The maximum absolute atomic E-state index is 13.8. The average molecular weight is 458 g/mol. The van der Waals surface area contributed by atoms with Gasteiger partial charge in [0, 0.05) is 19.7 Å². The van der Waals surface area contributed by atoms with Crippen molar-refractivity contribution in [2.24, 2.45) is 0 Å². The first kappa shape index (κ1) is 25.4. The van der Waals surface area contributed by atoms with Gasteiger partial charge in [-0.05, 0) is 48.4 Å². The van der Waals surface area contributed by atoms with E-state index in [-0.39, 0.29) is 12.3 Å². The number of amides is 2. The molecule has 9 heteroatoms. The summed E-state index contributed by atoms with van der Waals surface area (Å²) in [5.74, 6) is -1.44. The quantitative estimate of drug-likeness (QED) is 0.435. The number of hydrogen-bond acceptors (Lipinski definition) is 6. The van der Waals surface area contributed by atoms with E-state index >= 15 is 0 Å². The summed E-state index contributed by atoms with van der Waals surface area (Å²) < 4.78 is 28.7. The van der Waals surface area contributed by atoms with E-state index in [2.05, 4.69) is 5.32 Å². The van der Waals surface area contributed by atoms with Crippen molar-refractivity contribution in [1.29, 1.82) is 0 Å². The second-order valence-corrected chi connectivity index (χ2v) is 7.16. The van der Waals surface area contributed by atoms with Crippen LogP contribution in [-0.4, -0.2) is 56.6 Å². The Morgan fingerprint density at radius 3 is 2.39 bits per heavy atom. The molecule has 0 bridgehead atoms. The summed E-state index contributed by atoms with van der Waals surface area (Å²) in [6.45, 7) is 1.07. The van der Waals surface area contributed by atoms with Crippen LogP contribution in [0.25, 0.3) is 6.08 Å². The fraction of sp³-hybridized carbons (Fsp3) is 0.292. The molecule has 1 atom stereocenters. The van der Waals surface area contributed by atoms with E-state index in [4.69, 9.17) is 14.2 Å². The topological polar surface area (TPSA) is 94.2 Å². The van der Waals surface area contributed by atoms with Crippen molar-refractivity contribution in [1.82, 2.24) is 10.2 Å². The number of carbonyl (C=O) groups is 3. The molecule has 2 aromatic rings. The number of esters is 1. The van der Waals surface area contributed by atoms with Crippen LogP contribution in [0.15, 0.2) is 48.5 Å². The molecule has 0 fully saturated rings. The molecule has 0 heterocycles. The summed E-state index contributed by atoms with van der Waals surface area (Å²) in [5.41, 5.74) is 1.34. The minimum absolute atomic E-state index is 0.108. The molecule has 0 aliphatic heterocycles. The molecule has 0 spiro atoms. The number of methoxy groups -OCH3 is 2. The Labute approximate surface area is 191 Å². The van der Waals surface area contributed by atoms with Gasteiger partial charge in [-0.3, -0.25) is 9.59 Å². The van der Waals surface area contributed by atoms with Gasteiger partial charge in [-0.25, -0.2) is 9.18 Å². The Hall–Kier alpha value is -3.88. The van der Waals surface area contributed by atoms with Crippen molar-refractivity contribution in [3.05, 3.63) is 65.5 Å². The average Bonchev–Trinajstić information content (AvgIpc) is 2.81. The molecular formula is C24H27FN2O6. The van der Waals surface area contributed by atoms with E-state index < -0.39 is 36.2 Å². The summed E-state index contributed by atoms with van der Waals surface area (Å²) in [4.78, 5) is 37.7. The van der Waals surface area contributed by atoms with Crippen LogP contribution < -0.4 is 14.8 Å². The molecule has 0 saturated heterocycles. The van der Waals surface area contributed by atoms with E-state index in [1.54, 1.807) is 43.5 Å². The van der Waals surface area contributed by atoms with Crippen LogP contribution in [0, 0.1) is 5.82 Å². The SMILES string of the molecule is COc1ccc(C=CC(=O)NC(C)C(=O)OCC(=O)N(C)Cc2ccc(OC)c(F)c2)cc1. The first-order valence-corrected chi connectivity index (χ1v) is 10.1. The van der Waals surface area contributed by atoms with Gasteiger partial charge in [0.05, 0.1) is 14.2 Å². The highest BCUT2D eigenvalue weighted by Crippen LogP contribution is 2.18. The van der Waals surface area contributed by atoms with Gasteiger partial charge in [0.2, 0.25) is 5.91 Å². The molecule has 2 rings (SSSR count). The lowest BCUT2D eigenvalue weighted by Gasteiger charge is -2.18. The summed E-state index contributed by atoms with van der Waals surface area (Å²) >= 11 is 0. The van der Waals surface area contributed by atoms with Gasteiger partial charge in [0.25, 0.3) is 5.91 Å². The molecule has 2 amide bonds. The summed E-state index contributed by atoms with van der Waals surface area (Å²) in [6.07, 6.45) is 2.88. The highest BCUT2D eigenvalue weighted by atomic mass is 19.1. The van der Waals surface area contributed by atoms with E-state index in [0.717, 1.165) is 5.56 Å². The summed E-state index contributed by atoms with van der Waals surface area (Å²) in [6, 6.07) is 10.5.